The van der Waals surface area contributed by atoms with Crippen LogP contribution in [0.5, 0.6) is 0 Å². The van der Waals surface area contributed by atoms with Crippen LogP contribution < -0.4 is 0 Å². The molecular weight excluding hydrogens is 172 g/mol. The predicted octanol–water partition coefficient (Wildman–Crippen LogP) is 2.66. The smallest absolute Gasteiger partial charge is 0.161 e. The molecule has 0 N–H and O–H groups in total. The molecule has 0 aromatic carbocycles. The van der Waals surface area contributed by atoms with E-state index in [2.05, 4.69) is 6.92 Å². The highest BCUT2D eigenvalue weighted by Gasteiger charge is 2.24. The van der Waals surface area contributed by atoms with E-state index in [0.29, 0.717) is 6.61 Å². The second-order valence-corrected chi connectivity index (χ2v) is 5.33. The minimum absolute atomic E-state index is 0.201. The maximum Gasteiger partial charge on any atom is 0.161 e. The van der Waals surface area contributed by atoms with Crippen molar-refractivity contribution in [2.24, 2.45) is 0 Å². The van der Waals surface area contributed by atoms with Crippen LogP contribution in [0.4, 0.5) is 0 Å². The van der Waals surface area contributed by atoms with Gasteiger partial charge in [-0.2, -0.15) is 0 Å². The Kier molecular flexibility index (Phi) is 5.76. The van der Waals surface area contributed by atoms with Crippen LogP contribution in [0, 0.1) is 0 Å². The van der Waals surface area contributed by atoms with Gasteiger partial charge in [0.1, 0.15) is 0 Å². The molecule has 12 heavy (non-hydrogen) atoms. The van der Waals surface area contributed by atoms with Crippen molar-refractivity contribution in [3.05, 3.63) is 0 Å². The van der Waals surface area contributed by atoms with Crippen LogP contribution in [-0.2, 0) is 15.3 Å². The van der Waals surface area contributed by atoms with E-state index in [9.17, 15) is 4.21 Å². The maximum atomic E-state index is 11.5. The first-order valence-electron chi connectivity index (χ1n) is 4.59. The fourth-order valence-corrected chi connectivity index (χ4v) is 1.38. The van der Waals surface area contributed by atoms with Crippen LogP contribution in [0.25, 0.3) is 0 Å². The SMILES string of the molecule is CCCCOS(=O)C(C)(C)CC. The summed E-state index contributed by atoms with van der Waals surface area (Å²) in [7, 11) is 0. The van der Waals surface area contributed by atoms with Gasteiger partial charge in [0.15, 0.2) is 11.1 Å². The van der Waals surface area contributed by atoms with Crippen molar-refractivity contribution in [2.75, 3.05) is 6.61 Å². The quantitative estimate of drug-likeness (QED) is 0.605. The number of hydrogen-bond donors (Lipinski definition) is 0. The minimum Gasteiger partial charge on any atom is -0.290 e. The molecule has 0 aliphatic rings. The van der Waals surface area contributed by atoms with E-state index in [0.717, 1.165) is 19.3 Å². The van der Waals surface area contributed by atoms with E-state index in [1.807, 2.05) is 20.8 Å². The molecule has 0 rings (SSSR count). The Hall–Kier alpha value is 0.110. The Morgan fingerprint density at radius 2 is 1.92 bits per heavy atom. The van der Waals surface area contributed by atoms with Gasteiger partial charge in [0.2, 0.25) is 0 Å². The van der Waals surface area contributed by atoms with E-state index in [-0.39, 0.29) is 4.75 Å². The second-order valence-electron chi connectivity index (χ2n) is 3.52. The Balaban J connectivity index is 3.72. The summed E-state index contributed by atoms with van der Waals surface area (Å²) in [6.07, 6.45) is 2.96. The predicted molar refractivity (Wildman–Crippen MR) is 53.4 cm³/mol. The zero-order chi connectivity index (χ0) is 9.61. The lowest BCUT2D eigenvalue weighted by Crippen LogP contribution is -2.27. The van der Waals surface area contributed by atoms with Crippen LogP contribution >= 0.6 is 0 Å². The zero-order valence-corrected chi connectivity index (χ0v) is 9.37. The molecule has 0 amide bonds. The van der Waals surface area contributed by atoms with Gasteiger partial charge in [-0.15, -0.1) is 0 Å². The van der Waals surface area contributed by atoms with Gasteiger partial charge in [0.05, 0.1) is 11.4 Å². The molecule has 74 valence electrons. The van der Waals surface area contributed by atoms with Gasteiger partial charge in [0.25, 0.3) is 0 Å². The fourth-order valence-electron chi connectivity index (χ4n) is 0.556. The summed E-state index contributed by atoms with van der Waals surface area (Å²) in [6, 6.07) is 0. The Labute approximate surface area is 78.4 Å². The van der Waals surface area contributed by atoms with Gasteiger partial charge in [-0.1, -0.05) is 20.3 Å². The molecule has 1 atom stereocenters. The summed E-state index contributed by atoms with van der Waals surface area (Å²) in [5.74, 6) is 0. The average molecular weight is 192 g/mol. The topological polar surface area (TPSA) is 26.3 Å². The minimum atomic E-state index is -1.13. The lowest BCUT2D eigenvalue weighted by molar-refractivity contribution is 0.325. The van der Waals surface area contributed by atoms with Crippen molar-refractivity contribution < 1.29 is 8.39 Å². The lowest BCUT2D eigenvalue weighted by Gasteiger charge is -2.20. The second kappa shape index (κ2) is 5.70. The van der Waals surface area contributed by atoms with Gasteiger partial charge in [-0.3, -0.25) is 4.18 Å². The van der Waals surface area contributed by atoms with Crippen molar-refractivity contribution in [1.82, 2.24) is 0 Å². The highest BCUT2D eigenvalue weighted by molar-refractivity contribution is 7.81. The van der Waals surface area contributed by atoms with E-state index in [1.165, 1.54) is 0 Å². The molecule has 3 heteroatoms. The van der Waals surface area contributed by atoms with Crippen LogP contribution in [-0.4, -0.2) is 15.6 Å². The monoisotopic (exact) mass is 192 g/mol. The van der Waals surface area contributed by atoms with E-state index >= 15 is 0 Å². The van der Waals surface area contributed by atoms with Crippen molar-refractivity contribution in [1.29, 1.82) is 0 Å². The fraction of sp³-hybridized carbons (Fsp3) is 1.00. The van der Waals surface area contributed by atoms with E-state index < -0.39 is 11.1 Å². The molecule has 0 fully saturated rings. The summed E-state index contributed by atoms with van der Waals surface area (Å²) in [5, 5.41) is 0. The highest BCUT2D eigenvalue weighted by Crippen LogP contribution is 2.18. The Morgan fingerprint density at radius 3 is 2.33 bits per heavy atom. The normalized spacial score (nSPS) is 14.7. The molecule has 0 saturated carbocycles. The molecule has 1 unspecified atom stereocenters. The van der Waals surface area contributed by atoms with Gasteiger partial charge in [0, 0.05) is 0 Å². The first-order valence-corrected chi connectivity index (χ1v) is 5.67. The molecule has 0 saturated heterocycles. The largest absolute Gasteiger partial charge is 0.290 e. The van der Waals surface area contributed by atoms with Crippen LogP contribution in [0.3, 0.4) is 0 Å². The van der Waals surface area contributed by atoms with Crippen LogP contribution in [0.1, 0.15) is 47.0 Å². The summed E-state index contributed by atoms with van der Waals surface area (Å²) < 4.78 is 16.5. The summed E-state index contributed by atoms with van der Waals surface area (Å²) in [4.78, 5) is 0. The molecule has 0 aromatic rings. The van der Waals surface area contributed by atoms with Crippen molar-refractivity contribution in [3.63, 3.8) is 0 Å². The molecular formula is C9H20O2S. The Morgan fingerprint density at radius 1 is 1.33 bits per heavy atom. The lowest BCUT2D eigenvalue weighted by atomic mass is 10.1. The van der Waals surface area contributed by atoms with Crippen molar-refractivity contribution in [2.45, 2.75) is 51.7 Å². The van der Waals surface area contributed by atoms with Gasteiger partial charge >= 0.3 is 0 Å². The van der Waals surface area contributed by atoms with Crippen molar-refractivity contribution in [3.8, 4) is 0 Å². The molecule has 0 heterocycles. The van der Waals surface area contributed by atoms with Gasteiger partial charge in [-0.05, 0) is 26.7 Å². The summed E-state index contributed by atoms with van der Waals surface area (Å²) in [6.45, 7) is 8.68. The maximum absolute atomic E-state index is 11.5. The molecule has 0 bridgehead atoms. The summed E-state index contributed by atoms with van der Waals surface area (Å²) in [5.41, 5.74) is 0. The first kappa shape index (κ1) is 12.1. The number of unbranched alkanes of at least 4 members (excludes halogenated alkanes) is 1. The van der Waals surface area contributed by atoms with E-state index in [4.69, 9.17) is 4.18 Å². The van der Waals surface area contributed by atoms with Gasteiger partial charge in [-0.25, -0.2) is 4.21 Å². The average Bonchev–Trinajstić information content (AvgIpc) is 2.05. The Bertz CT molecular complexity index is 143. The number of rotatable bonds is 6. The molecule has 2 nitrogen and oxygen atoms in total. The first-order chi connectivity index (χ1) is 5.54. The third-order valence-electron chi connectivity index (χ3n) is 1.99. The summed E-state index contributed by atoms with van der Waals surface area (Å²) >= 11 is -1.13. The van der Waals surface area contributed by atoms with Crippen LogP contribution in [0.15, 0.2) is 0 Å². The third-order valence-corrected chi connectivity index (χ3v) is 3.56. The molecule has 0 spiro atoms. The molecule has 0 aliphatic heterocycles. The third kappa shape index (κ3) is 4.21. The number of hydrogen-bond acceptors (Lipinski definition) is 2. The highest BCUT2D eigenvalue weighted by atomic mass is 32.2. The standard InChI is InChI=1S/C9H20O2S/c1-5-7-8-11-12(10)9(3,4)6-2/h5-8H2,1-4H3. The van der Waals surface area contributed by atoms with Crippen LogP contribution in [0.2, 0.25) is 0 Å². The molecule has 0 aromatic heterocycles. The molecule has 0 aliphatic carbocycles. The molecule has 0 radical (unpaired) electrons. The van der Waals surface area contributed by atoms with E-state index in [1.54, 1.807) is 0 Å². The van der Waals surface area contributed by atoms with Crippen molar-refractivity contribution >= 4 is 11.1 Å². The zero-order valence-electron chi connectivity index (χ0n) is 8.55. The van der Waals surface area contributed by atoms with Gasteiger partial charge < -0.3 is 0 Å².